The van der Waals surface area contributed by atoms with Gasteiger partial charge in [0.1, 0.15) is 0 Å². The lowest BCUT2D eigenvalue weighted by Gasteiger charge is -2.30. The molecule has 4 aliphatic rings. The zero-order chi connectivity index (χ0) is 37.8. The molecule has 7 aromatic rings. The van der Waals surface area contributed by atoms with E-state index in [0.717, 1.165) is 17.8 Å². The van der Waals surface area contributed by atoms with Gasteiger partial charge in [-0.1, -0.05) is 137 Å². The zero-order valence-corrected chi connectivity index (χ0v) is 32.4. The molecule has 0 amide bonds. The number of benzene rings is 7. The van der Waals surface area contributed by atoms with Gasteiger partial charge in [-0.25, -0.2) is 0 Å². The van der Waals surface area contributed by atoms with Crippen LogP contribution >= 0.6 is 0 Å². The van der Waals surface area contributed by atoms with E-state index >= 15 is 0 Å². The predicted octanol–water partition coefficient (Wildman–Crippen LogP) is 14.4. The second-order valence-corrected chi connectivity index (χ2v) is 17.0. The van der Waals surface area contributed by atoms with Crippen molar-refractivity contribution in [1.82, 2.24) is 0 Å². The molecule has 0 bridgehead atoms. The minimum atomic E-state index is -0.0688. The van der Waals surface area contributed by atoms with Crippen LogP contribution in [0.5, 0.6) is 0 Å². The van der Waals surface area contributed by atoms with E-state index in [2.05, 4.69) is 213 Å². The van der Waals surface area contributed by atoms with Crippen LogP contribution in [-0.2, 0) is 10.8 Å². The minimum absolute atomic E-state index is 0.0252. The Morgan fingerprint density at radius 3 is 1.84 bits per heavy atom. The summed E-state index contributed by atoms with van der Waals surface area (Å²) in [6.07, 6.45) is 3.54. The quantitative estimate of drug-likeness (QED) is 0.175. The highest BCUT2D eigenvalue weighted by molar-refractivity contribution is 5.91. The van der Waals surface area contributed by atoms with Crippen LogP contribution in [-0.4, -0.2) is 0 Å². The lowest BCUT2D eigenvalue weighted by atomic mass is 9.77. The molecule has 11 rings (SSSR count). The second kappa shape index (κ2) is 12.1. The Morgan fingerprint density at radius 1 is 0.500 bits per heavy atom. The molecule has 0 spiro atoms. The van der Waals surface area contributed by atoms with Crippen LogP contribution in [0.1, 0.15) is 67.9 Å². The highest BCUT2D eigenvalue weighted by atomic mass is 15.2. The molecule has 7 aromatic carbocycles. The van der Waals surface area contributed by atoms with Crippen LogP contribution < -0.4 is 9.80 Å². The molecule has 2 heteroatoms. The van der Waals surface area contributed by atoms with Crippen molar-refractivity contribution in [2.45, 2.75) is 50.9 Å². The Morgan fingerprint density at radius 2 is 1.09 bits per heavy atom. The summed E-state index contributed by atoms with van der Waals surface area (Å²) in [5.74, 6) is 0.286. The summed E-state index contributed by atoms with van der Waals surface area (Å²) in [5, 5.41) is 0. The molecule has 1 unspecified atom stereocenters. The van der Waals surface area contributed by atoms with Crippen molar-refractivity contribution in [1.29, 1.82) is 0 Å². The number of rotatable bonds is 5. The predicted molar refractivity (Wildman–Crippen MR) is 235 cm³/mol. The molecular weight excluding hydrogens is 677 g/mol. The number of fused-ring (bicyclic) bond motifs is 8. The Balaban J connectivity index is 0.981. The van der Waals surface area contributed by atoms with Crippen molar-refractivity contribution >= 4 is 34.0 Å². The van der Waals surface area contributed by atoms with Crippen molar-refractivity contribution in [2.24, 2.45) is 0 Å². The number of para-hydroxylation sites is 2. The number of allylic oxidation sites excluding steroid dienone is 4. The molecule has 0 fully saturated rings. The lowest BCUT2D eigenvalue weighted by molar-refractivity contribution is 0.646. The SMILES string of the molecule is CC1(C)C2=C(CC3C(=C2)N(c2ccccc2)c2ccc(-c4ccc(N(c5ccccc5)c5ccc6c(c5)C(C)(C)c5ccccc5-6)cc4)cc23)c2ccccc21. The normalized spacial score (nSPS) is 17.7. The number of hydrogen-bond donors (Lipinski definition) is 0. The molecule has 56 heavy (non-hydrogen) atoms. The molecule has 0 saturated carbocycles. The third-order valence-corrected chi connectivity index (χ3v) is 13.2. The summed E-state index contributed by atoms with van der Waals surface area (Å²) in [5.41, 5.74) is 22.4. The summed E-state index contributed by atoms with van der Waals surface area (Å²) in [6, 6.07) is 63.0. The van der Waals surface area contributed by atoms with E-state index in [-0.39, 0.29) is 16.7 Å². The van der Waals surface area contributed by atoms with Crippen molar-refractivity contribution in [2.75, 3.05) is 9.80 Å². The van der Waals surface area contributed by atoms with Gasteiger partial charge in [0, 0.05) is 50.9 Å². The van der Waals surface area contributed by atoms with Crippen LogP contribution in [0.15, 0.2) is 187 Å². The third-order valence-electron chi connectivity index (χ3n) is 13.2. The molecular formula is C54H44N2. The first-order valence-electron chi connectivity index (χ1n) is 20.0. The van der Waals surface area contributed by atoms with Gasteiger partial charge in [-0.3, -0.25) is 0 Å². The van der Waals surface area contributed by atoms with Gasteiger partial charge < -0.3 is 9.80 Å². The molecule has 1 atom stereocenters. The molecule has 0 saturated heterocycles. The summed E-state index contributed by atoms with van der Waals surface area (Å²) >= 11 is 0. The van der Waals surface area contributed by atoms with Gasteiger partial charge in [0.05, 0.1) is 0 Å². The topological polar surface area (TPSA) is 6.48 Å². The Hall–Kier alpha value is -6.38. The van der Waals surface area contributed by atoms with Gasteiger partial charge in [-0.2, -0.15) is 0 Å². The Kier molecular flexibility index (Phi) is 7.11. The maximum Gasteiger partial charge on any atom is 0.0497 e. The van der Waals surface area contributed by atoms with Gasteiger partial charge in [-0.15, -0.1) is 0 Å². The molecule has 3 aliphatic carbocycles. The number of anilines is 5. The van der Waals surface area contributed by atoms with Crippen LogP contribution in [0.2, 0.25) is 0 Å². The summed E-state index contributed by atoms with van der Waals surface area (Å²) in [4.78, 5) is 4.92. The minimum Gasteiger partial charge on any atom is -0.313 e. The van der Waals surface area contributed by atoms with Gasteiger partial charge in [0.15, 0.2) is 0 Å². The molecule has 0 aromatic heterocycles. The van der Waals surface area contributed by atoms with Gasteiger partial charge in [0.25, 0.3) is 0 Å². The fraction of sp³-hybridized carbons (Fsp3) is 0.148. The molecule has 270 valence electrons. The van der Waals surface area contributed by atoms with Crippen LogP contribution in [0.4, 0.5) is 28.4 Å². The number of nitrogens with zero attached hydrogens (tertiary/aromatic N) is 2. The monoisotopic (exact) mass is 720 g/mol. The summed E-state index contributed by atoms with van der Waals surface area (Å²) in [7, 11) is 0. The first-order valence-corrected chi connectivity index (χ1v) is 20.0. The first kappa shape index (κ1) is 33.0. The van der Waals surface area contributed by atoms with Crippen molar-refractivity contribution in [3.8, 4) is 22.3 Å². The van der Waals surface area contributed by atoms with E-state index in [4.69, 9.17) is 0 Å². The maximum atomic E-state index is 2.53. The smallest absolute Gasteiger partial charge is 0.0497 e. The van der Waals surface area contributed by atoms with Crippen molar-refractivity contribution < 1.29 is 0 Å². The van der Waals surface area contributed by atoms with Gasteiger partial charge >= 0.3 is 0 Å². The van der Waals surface area contributed by atoms with Gasteiger partial charge in [0.2, 0.25) is 0 Å². The lowest BCUT2D eigenvalue weighted by Crippen LogP contribution is -2.21. The Bertz CT molecular complexity index is 2770. The van der Waals surface area contributed by atoms with E-state index in [9.17, 15) is 0 Å². The first-order chi connectivity index (χ1) is 27.3. The average Bonchev–Trinajstić information content (AvgIpc) is 3.77. The zero-order valence-electron chi connectivity index (χ0n) is 32.4. The second-order valence-electron chi connectivity index (χ2n) is 17.0. The van der Waals surface area contributed by atoms with E-state index in [1.54, 1.807) is 0 Å². The van der Waals surface area contributed by atoms with E-state index in [0.29, 0.717) is 0 Å². The number of hydrogen-bond acceptors (Lipinski definition) is 2. The standard InChI is InChI=1S/C54H44N2/c1-53(2)47-21-13-11-19-41(47)43-29-28-40(32-49(43)53)55(37-15-7-5-8-16-37)39-26-23-35(24-27-39)36-25-30-51-45(31-36)46-33-44-42-20-12-14-22-48(42)54(3,4)50(44)34-52(46)56(51)38-17-9-6-10-18-38/h5-32,34,46H,33H2,1-4H3. The highest BCUT2D eigenvalue weighted by Gasteiger charge is 2.45. The van der Waals surface area contributed by atoms with E-state index < -0.39 is 0 Å². The van der Waals surface area contributed by atoms with Crippen LogP contribution in [0, 0.1) is 0 Å². The van der Waals surface area contributed by atoms with Crippen molar-refractivity contribution in [3.05, 3.63) is 215 Å². The molecule has 0 N–H and O–H groups in total. The summed E-state index contributed by atoms with van der Waals surface area (Å²) in [6.45, 7) is 9.50. The fourth-order valence-electron chi connectivity index (χ4n) is 10.4. The molecule has 1 heterocycles. The fourth-order valence-corrected chi connectivity index (χ4v) is 10.4. The third kappa shape index (κ3) is 4.75. The largest absolute Gasteiger partial charge is 0.313 e. The Labute approximate surface area is 330 Å². The van der Waals surface area contributed by atoms with Crippen molar-refractivity contribution in [3.63, 3.8) is 0 Å². The molecule has 0 radical (unpaired) electrons. The van der Waals surface area contributed by atoms with Crippen LogP contribution in [0.3, 0.4) is 0 Å². The summed E-state index contributed by atoms with van der Waals surface area (Å²) < 4.78 is 0. The molecule has 2 nitrogen and oxygen atoms in total. The van der Waals surface area contributed by atoms with E-state index in [1.165, 1.54) is 84.0 Å². The van der Waals surface area contributed by atoms with E-state index in [1.807, 2.05) is 0 Å². The molecule has 1 aliphatic heterocycles. The van der Waals surface area contributed by atoms with Crippen LogP contribution in [0.25, 0.3) is 27.8 Å². The maximum absolute atomic E-state index is 2.53. The van der Waals surface area contributed by atoms with Gasteiger partial charge in [-0.05, 0) is 134 Å². The average molecular weight is 721 g/mol. The highest BCUT2D eigenvalue weighted by Crippen LogP contribution is 2.59.